The fourth-order valence-electron chi connectivity index (χ4n) is 3.12. The summed E-state index contributed by atoms with van der Waals surface area (Å²) in [6, 6.07) is 0.395. The van der Waals surface area contributed by atoms with Gasteiger partial charge < -0.3 is 5.73 Å². The molecule has 0 aliphatic heterocycles. The topological polar surface area (TPSA) is 43.8 Å². The van der Waals surface area contributed by atoms with Gasteiger partial charge in [-0.1, -0.05) is 32.4 Å². The summed E-state index contributed by atoms with van der Waals surface area (Å²) in [5.74, 6) is 1.33. The second-order valence-corrected chi connectivity index (χ2v) is 6.30. The van der Waals surface area contributed by atoms with Crippen LogP contribution < -0.4 is 5.73 Å². The van der Waals surface area contributed by atoms with Crippen molar-refractivity contribution in [1.82, 2.24) is 9.78 Å². The van der Waals surface area contributed by atoms with E-state index in [1.807, 2.05) is 4.68 Å². The van der Waals surface area contributed by atoms with Crippen LogP contribution in [0.5, 0.6) is 0 Å². The molecule has 0 radical (unpaired) electrons. The number of rotatable bonds is 1. The maximum atomic E-state index is 5.95. The van der Waals surface area contributed by atoms with Gasteiger partial charge in [0, 0.05) is 0 Å². The second kappa shape index (κ2) is 3.95. The third-order valence-electron chi connectivity index (χ3n) is 3.50. The number of halogens is 1. The van der Waals surface area contributed by atoms with Crippen molar-refractivity contribution in [2.45, 2.75) is 46.1 Å². The molecule has 1 aliphatic rings. The molecule has 2 N–H and O–H groups in total. The highest BCUT2D eigenvalue weighted by Crippen LogP contribution is 2.44. The van der Waals surface area contributed by atoms with Crippen LogP contribution in [0.15, 0.2) is 6.20 Å². The Balaban J connectivity index is 2.24. The summed E-state index contributed by atoms with van der Waals surface area (Å²) in [6.45, 7) is 6.93. The van der Waals surface area contributed by atoms with Crippen LogP contribution in [0.25, 0.3) is 0 Å². The summed E-state index contributed by atoms with van der Waals surface area (Å²) in [4.78, 5) is 0. The Morgan fingerprint density at radius 1 is 1.50 bits per heavy atom. The predicted octanol–water partition coefficient (Wildman–Crippen LogP) is 3.51. The summed E-state index contributed by atoms with van der Waals surface area (Å²) in [7, 11) is 0. The Morgan fingerprint density at radius 2 is 2.19 bits per heavy atom. The lowest BCUT2D eigenvalue weighted by atomic mass is 9.70. The molecule has 1 fully saturated rings. The van der Waals surface area contributed by atoms with Crippen molar-refractivity contribution in [3.8, 4) is 0 Å². The third kappa shape index (κ3) is 2.19. The first kappa shape index (κ1) is 11.8. The van der Waals surface area contributed by atoms with E-state index in [0.29, 0.717) is 22.3 Å². The van der Waals surface area contributed by atoms with Crippen molar-refractivity contribution in [2.75, 3.05) is 5.73 Å². The number of anilines is 1. The summed E-state index contributed by atoms with van der Waals surface area (Å²) in [6.07, 6.45) is 5.19. The minimum absolute atomic E-state index is 0.368. The molecule has 1 aromatic heterocycles. The van der Waals surface area contributed by atoms with Gasteiger partial charge in [0.05, 0.1) is 12.2 Å². The summed E-state index contributed by atoms with van der Waals surface area (Å²) < 4.78 is 1.90. The average Bonchev–Trinajstić information content (AvgIpc) is 2.44. The molecule has 4 heteroatoms. The fourth-order valence-corrected chi connectivity index (χ4v) is 3.25. The number of nitrogens with two attached hydrogens (primary N) is 1. The van der Waals surface area contributed by atoms with Crippen molar-refractivity contribution < 1.29 is 0 Å². The van der Waals surface area contributed by atoms with E-state index >= 15 is 0 Å². The lowest BCUT2D eigenvalue weighted by Gasteiger charge is -2.39. The van der Waals surface area contributed by atoms with Crippen LogP contribution in [0.3, 0.4) is 0 Å². The standard InChI is InChI=1S/C12H20ClN3/c1-8-4-9(6-12(2,3)5-8)16-11(14)10(13)7-15-16/h7-9H,4-6,14H2,1-3H3. The van der Waals surface area contributed by atoms with Gasteiger partial charge in [-0.25, -0.2) is 4.68 Å². The molecule has 0 bridgehead atoms. The average molecular weight is 242 g/mol. The van der Waals surface area contributed by atoms with Crippen LogP contribution >= 0.6 is 11.6 Å². The van der Waals surface area contributed by atoms with Gasteiger partial charge in [0.1, 0.15) is 10.8 Å². The molecule has 1 aliphatic carbocycles. The number of nitrogen functional groups attached to an aromatic ring is 1. The van der Waals surface area contributed by atoms with Crippen molar-refractivity contribution >= 4 is 17.4 Å². The van der Waals surface area contributed by atoms with Gasteiger partial charge in [-0.05, 0) is 30.6 Å². The van der Waals surface area contributed by atoms with E-state index < -0.39 is 0 Å². The summed E-state index contributed by atoms with van der Waals surface area (Å²) in [5, 5.41) is 4.86. The Kier molecular flexibility index (Phi) is 2.91. The Hall–Kier alpha value is -0.700. The molecule has 16 heavy (non-hydrogen) atoms. The predicted molar refractivity (Wildman–Crippen MR) is 67.5 cm³/mol. The minimum atomic E-state index is 0.368. The zero-order valence-electron chi connectivity index (χ0n) is 10.2. The van der Waals surface area contributed by atoms with Gasteiger partial charge in [-0.2, -0.15) is 5.10 Å². The number of hydrogen-bond donors (Lipinski definition) is 1. The molecular formula is C12H20ClN3. The molecule has 2 rings (SSSR count). The van der Waals surface area contributed by atoms with Gasteiger partial charge in [-0.15, -0.1) is 0 Å². The minimum Gasteiger partial charge on any atom is -0.383 e. The highest BCUT2D eigenvalue weighted by molar-refractivity contribution is 6.32. The first-order valence-electron chi connectivity index (χ1n) is 5.87. The molecule has 0 saturated heterocycles. The summed E-state index contributed by atoms with van der Waals surface area (Å²) >= 11 is 5.95. The van der Waals surface area contributed by atoms with Gasteiger partial charge in [-0.3, -0.25) is 0 Å². The van der Waals surface area contributed by atoms with E-state index in [1.165, 1.54) is 6.42 Å². The number of nitrogens with zero attached hydrogens (tertiary/aromatic N) is 2. The van der Waals surface area contributed by atoms with Crippen molar-refractivity contribution in [1.29, 1.82) is 0 Å². The molecule has 3 nitrogen and oxygen atoms in total. The molecule has 0 amide bonds. The van der Waals surface area contributed by atoms with Crippen LogP contribution in [-0.4, -0.2) is 9.78 Å². The van der Waals surface area contributed by atoms with E-state index in [4.69, 9.17) is 17.3 Å². The third-order valence-corrected chi connectivity index (χ3v) is 3.79. The molecule has 1 aromatic rings. The smallest absolute Gasteiger partial charge is 0.140 e. The molecule has 1 saturated carbocycles. The van der Waals surface area contributed by atoms with Crippen LogP contribution in [0.1, 0.15) is 46.1 Å². The normalized spacial score (nSPS) is 29.2. The Labute approximate surface area is 102 Å². The van der Waals surface area contributed by atoms with Crippen LogP contribution in [0.2, 0.25) is 5.02 Å². The Morgan fingerprint density at radius 3 is 2.69 bits per heavy atom. The van der Waals surface area contributed by atoms with Gasteiger partial charge in [0.2, 0.25) is 0 Å². The highest BCUT2D eigenvalue weighted by Gasteiger charge is 2.34. The number of aromatic nitrogens is 2. The number of hydrogen-bond acceptors (Lipinski definition) is 2. The molecule has 2 unspecified atom stereocenters. The van der Waals surface area contributed by atoms with E-state index in [1.54, 1.807) is 6.20 Å². The monoisotopic (exact) mass is 241 g/mol. The SMILES string of the molecule is CC1CC(n2ncc(Cl)c2N)CC(C)(C)C1. The van der Waals surface area contributed by atoms with Gasteiger partial charge in [0.25, 0.3) is 0 Å². The second-order valence-electron chi connectivity index (χ2n) is 5.89. The maximum Gasteiger partial charge on any atom is 0.140 e. The molecular weight excluding hydrogens is 222 g/mol. The zero-order valence-corrected chi connectivity index (χ0v) is 11.0. The van der Waals surface area contributed by atoms with Gasteiger partial charge >= 0.3 is 0 Å². The highest BCUT2D eigenvalue weighted by atomic mass is 35.5. The molecule has 1 heterocycles. The van der Waals surface area contributed by atoms with Crippen LogP contribution in [-0.2, 0) is 0 Å². The van der Waals surface area contributed by atoms with Crippen LogP contribution in [0, 0.1) is 11.3 Å². The Bertz CT molecular complexity index is 384. The largest absolute Gasteiger partial charge is 0.383 e. The van der Waals surface area contributed by atoms with Crippen molar-refractivity contribution in [3.05, 3.63) is 11.2 Å². The molecule has 0 spiro atoms. The summed E-state index contributed by atoms with van der Waals surface area (Å²) in [5.41, 5.74) is 6.30. The van der Waals surface area contributed by atoms with Crippen molar-refractivity contribution in [3.63, 3.8) is 0 Å². The molecule has 90 valence electrons. The van der Waals surface area contributed by atoms with E-state index in [2.05, 4.69) is 25.9 Å². The van der Waals surface area contributed by atoms with Gasteiger partial charge in [0.15, 0.2) is 0 Å². The van der Waals surface area contributed by atoms with E-state index in [-0.39, 0.29) is 0 Å². The lowest BCUT2D eigenvalue weighted by Crippen LogP contribution is -2.30. The quantitative estimate of drug-likeness (QED) is 0.818. The van der Waals surface area contributed by atoms with Crippen molar-refractivity contribution in [2.24, 2.45) is 11.3 Å². The first-order chi connectivity index (χ1) is 7.39. The molecule has 2 atom stereocenters. The zero-order chi connectivity index (χ0) is 11.9. The first-order valence-corrected chi connectivity index (χ1v) is 6.25. The lowest BCUT2D eigenvalue weighted by molar-refractivity contribution is 0.131. The maximum absolute atomic E-state index is 5.95. The van der Waals surface area contributed by atoms with E-state index in [9.17, 15) is 0 Å². The van der Waals surface area contributed by atoms with Crippen LogP contribution in [0.4, 0.5) is 5.82 Å². The fraction of sp³-hybridized carbons (Fsp3) is 0.750. The van der Waals surface area contributed by atoms with E-state index in [0.717, 1.165) is 18.8 Å². The molecule has 0 aromatic carbocycles.